The Bertz CT molecular complexity index is 1250. The van der Waals surface area contributed by atoms with Gasteiger partial charge in [0.05, 0.1) is 25.1 Å². The lowest BCUT2D eigenvalue weighted by Gasteiger charge is -2.33. The number of hydrogen-bond acceptors (Lipinski definition) is 7. The predicted molar refractivity (Wildman–Crippen MR) is 124 cm³/mol. The lowest BCUT2D eigenvalue weighted by atomic mass is 9.91. The minimum atomic E-state index is -4.51. The Hall–Kier alpha value is -4.22. The van der Waals surface area contributed by atoms with Crippen molar-refractivity contribution >= 4 is 17.9 Å². The average Bonchev–Trinajstić information content (AvgIpc) is 2.85. The summed E-state index contributed by atoms with van der Waals surface area (Å²) < 4.78 is 48.6. The molecule has 1 N–H and O–H groups in total. The summed E-state index contributed by atoms with van der Waals surface area (Å²) in [6, 6.07) is 6.63. The number of alkyl halides is 3. The number of amides is 2. The Balaban J connectivity index is 1.38. The molecule has 36 heavy (non-hydrogen) atoms. The topological polar surface area (TPSA) is 102 Å². The number of carbonyl (C=O) groups is 1. The molecule has 2 aromatic heterocycles. The molecular weight excluding hydrogens is 477 g/mol. The van der Waals surface area contributed by atoms with Crippen LogP contribution in [0, 0.1) is 5.92 Å². The van der Waals surface area contributed by atoms with E-state index in [0.717, 1.165) is 11.1 Å². The van der Waals surface area contributed by atoms with Crippen LogP contribution in [0.15, 0.2) is 54.6 Å². The highest BCUT2D eigenvalue weighted by atomic mass is 19.4. The lowest BCUT2D eigenvalue weighted by Crippen LogP contribution is -2.42. The van der Waals surface area contributed by atoms with Gasteiger partial charge in [0.1, 0.15) is 5.75 Å². The number of benzene rings is 1. The van der Waals surface area contributed by atoms with Crippen molar-refractivity contribution in [2.75, 3.05) is 25.5 Å². The minimum absolute atomic E-state index is 0.101. The van der Waals surface area contributed by atoms with Gasteiger partial charge in [0.25, 0.3) is 0 Å². The molecule has 4 rings (SSSR count). The van der Waals surface area contributed by atoms with E-state index < -0.39 is 11.7 Å². The molecule has 1 atom stereocenters. The van der Waals surface area contributed by atoms with Crippen LogP contribution in [0.2, 0.25) is 0 Å². The molecule has 3 aromatic rings. The number of nitrogens with zero attached hydrogens (tertiary/aromatic N) is 5. The fourth-order valence-electron chi connectivity index (χ4n) is 3.65. The number of halogens is 3. The van der Waals surface area contributed by atoms with Crippen molar-refractivity contribution in [1.29, 1.82) is 0 Å². The maximum absolute atomic E-state index is 12.7. The predicted octanol–water partition coefficient (Wildman–Crippen LogP) is 5.04. The van der Waals surface area contributed by atoms with Gasteiger partial charge in [-0.25, -0.2) is 14.8 Å². The van der Waals surface area contributed by atoms with Gasteiger partial charge in [-0.15, -0.1) is 0 Å². The molecule has 2 amide bonds. The van der Waals surface area contributed by atoms with Gasteiger partial charge < -0.3 is 14.4 Å². The molecule has 3 heterocycles. The van der Waals surface area contributed by atoms with E-state index in [9.17, 15) is 18.0 Å². The molecule has 0 aliphatic carbocycles. The quantitative estimate of drug-likeness (QED) is 0.523. The second-order valence-electron chi connectivity index (χ2n) is 8.12. The summed E-state index contributed by atoms with van der Waals surface area (Å²) in [5.41, 5.74) is 1.06. The van der Waals surface area contributed by atoms with E-state index in [1.54, 1.807) is 23.1 Å². The highest BCUT2D eigenvalue weighted by Gasteiger charge is 2.31. The standard InChI is InChI=1S/C24H23F3N6O3/c1-15-14-33(23(34)32-20-12-28-13-21(31-20)35-2)7-6-17(15)8-16-4-3-5-19(9-16)36-22-29-10-18(11-30-22)24(25,26)27/h3-5,8-13,15H,6-7,14H2,1-2H3,(H,31,32,34)/b17-8+. The first-order chi connectivity index (χ1) is 17.2. The van der Waals surface area contributed by atoms with Crippen molar-refractivity contribution in [2.24, 2.45) is 5.92 Å². The number of rotatable bonds is 5. The van der Waals surface area contributed by atoms with E-state index in [-0.39, 0.29) is 18.0 Å². The molecule has 1 aliphatic heterocycles. The van der Waals surface area contributed by atoms with E-state index in [0.29, 0.717) is 49.4 Å². The van der Waals surface area contributed by atoms with Crippen LogP contribution in [0.25, 0.3) is 6.08 Å². The third-order valence-electron chi connectivity index (χ3n) is 5.52. The molecule has 188 valence electrons. The molecule has 0 bridgehead atoms. The summed E-state index contributed by atoms with van der Waals surface area (Å²) in [6.45, 7) is 3.08. The molecule has 0 spiro atoms. The van der Waals surface area contributed by atoms with Gasteiger partial charge in [0.2, 0.25) is 5.88 Å². The van der Waals surface area contributed by atoms with Crippen molar-refractivity contribution in [2.45, 2.75) is 19.5 Å². The number of ether oxygens (including phenoxy) is 2. The van der Waals surface area contributed by atoms with E-state index in [4.69, 9.17) is 9.47 Å². The average molecular weight is 500 g/mol. The lowest BCUT2D eigenvalue weighted by molar-refractivity contribution is -0.138. The summed E-state index contributed by atoms with van der Waals surface area (Å²) in [7, 11) is 1.47. The van der Waals surface area contributed by atoms with Crippen LogP contribution in [-0.2, 0) is 6.18 Å². The maximum Gasteiger partial charge on any atom is 0.419 e. The zero-order valence-electron chi connectivity index (χ0n) is 19.5. The van der Waals surface area contributed by atoms with Gasteiger partial charge in [-0.2, -0.15) is 18.2 Å². The molecular formula is C24H23F3N6O3. The SMILES string of the molecule is COc1cncc(NC(=O)N2CC/C(=C\c3cccc(Oc4ncc(C(F)(F)F)cn4)c3)C(C)C2)n1. The summed E-state index contributed by atoms with van der Waals surface area (Å²) in [5.74, 6) is 1.11. The van der Waals surface area contributed by atoms with Crippen molar-refractivity contribution in [3.8, 4) is 17.6 Å². The number of hydrogen-bond donors (Lipinski definition) is 1. The van der Waals surface area contributed by atoms with Gasteiger partial charge >= 0.3 is 18.2 Å². The van der Waals surface area contributed by atoms with Crippen LogP contribution < -0.4 is 14.8 Å². The van der Waals surface area contributed by atoms with Crippen molar-refractivity contribution in [3.05, 3.63) is 65.8 Å². The largest absolute Gasteiger partial charge is 0.480 e. The molecule has 12 heteroatoms. The number of likely N-dealkylation sites (tertiary alicyclic amines) is 1. The van der Waals surface area contributed by atoms with Crippen LogP contribution >= 0.6 is 0 Å². The van der Waals surface area contributed by atoms with Crippen molar-refractivity contribution in [1.82, 2.24) is 24.8 Å². The number of anilines is 1. The first-order valence-electron chi connectivity index (χ1n) is 11.0. The zero-order chi connectivity index (χ0) is 25.7. The van der Waals surface area contributed by atoms with Gasteiger partial charge in [-0.05, 0) is 30.0 Å². The van der Waals surface area contributed by atoms with Gasteiger partial charge in [0.15, 0.2) is 5.82 Å². The fourth-order valence-corrected chi connectivity index (χ4v) is 3.65. The molecule has 1 unspecified atom stereocenters. The Morgan fingerprint density at radius 2 is 1.97 bits per heavy atom. The zero-order valence-corrected chi connectivity index (χ0v) is 19.5. The molecule has 0 radical (unpaired) electrons. The summed E-state index contributed by atoms with van der Waals surface area (Å²) >= 11 is 0. The molecule has 1 fully saturated rings. The Morgan fingerprint density at radius 3 is 2.67 bits per heavy atom. The Morgan fingerprint density at radius 1 is 1.19 bits per heavy atom. The maximum atomic E-state index is 12.7. The summed E-state index contributed by atoms with van der Waals surface area (Å²) in [6.07, 6.45) is 2.44. The smallest absolute Gasteiger partial charge is 0.419 e. The van der Waals surface area contributed by atoms with Crippen LogP contribution in [0.1, 0.15) is 24.5 Å². The molecule has 0 saturated carbocycles. The first kappa shape index (κ1) is 24.9. The molecule has 9 nitrogen and oxygen atoms in total. The van der Waals surface area contributed by atoms with E-state index >= 15 is 0 Å². The van der Waals surface area contributed by atoms with Crippen LogP contribution in [-0.4, -0.2) is 51.1 Å². The third kappa shape index (κ3) is 6.26. The number of methoxy groups -OCH3 is 1. The summed E-state index contributed by atoms with van der Waals surface area (Å²) in [4.78, 5) is 29.8. The number of piperidine rings is 1. The second-order valence-corrected chi connectivity index (χ2v) is 8.12. The number of aromatic nitrogens is 4. The summed E-state index contributed by atoms with van der Waals surface area (Å²) in [5, 5.41) is 2.74. The monoisotopic (exact) mass is 500 g/mol. The van der Waals surface area contributed by atoms with Crippen LogP contribution in [0.5, 0.6) is 17.6 Å². The van der Waals surface area contributed by atoms with E-state index in [1.807, 2.05) is 19.1 Å². The second kappa shape index (κ2) is 10.6. The number of urea groups is 1. The Kier molecular flexibility index (Phi) is 7.32. The Labute approximate surface area is 205 Å². The van der Waals surface area contributed by atoms with E-state index in [1.165, 1.54) is 19.5 Å². The normalized spacial score (nSPS) is 17.1. The number of nitrogens with one attached hydrogen (secondary N) is 1. The number of carbonyl (C=O) groups excluding carboxylic acids is 1. The molecule has 1 aliphatic rings. The molecule has 1 aromatic carbocycles. The van der Waals surface area contributed by atoms with Crippen molar-refractivity contribution in [3.63, 3.8) is 0 Å². The third-order valence-corrected chi connectivity index (χ3v) is 5.52. The first-order valence-corrected chi connectivity index (χ1v) is 11.0. The highest BCUT2D eigenvalue weighted by molar-refractivity contribution is 5.88. The van der Waals surface area contributed by atoms with Gasteiger partial charge in [-0.1, -0.05) is 30.7 Å². The van der Waals surface area contributed by atoms with E-state index in [2.05, 4.69) is 25.3 Å². The molecule has 1 saturated heterocycles. The fraction of sp³-hybridized carbons (Fsp3) is 0.292. The highest BCUT2D eigenvalue weighted by Crippen LogP contribution is 2.30. The van der Waals surface area contributed by atoms with Gasteiger partial charge in [-0.3, -0.25) is 10.3 Å². The van der Waals surface area contributed by atoms with Crippen molar-refractivity contribution < 1.29 is 27.4 Å². The minimum Gasteiger partial charge on any atom is -0.480 e. The van der Waals surface area contributed by atoms with Crippen LogP contribution in [0.4, 0.5) is 23.8 Å². The van der Waals surface area contributed by atoms with Gasteiger partial charge in [0, 0.05) is 25.5 Å². The van der Waals surface area contributed by atoms with Crippen LogP contribution in [0.3, 0.4) is 0 Å².